The van der Waals surface area contributed by atoms with Crippen LogP contribution in [0.2, 0.25) is 0 Å². The Kier molecular flexibility index (Phi) is 6.07. The maximum Gasteiger partial charge on any atom is 0.180 e. The first-order valence-corrected chi connectivity index (χ1v) is 14.6. The highest BCUT2D eigenvalue weighted by Crippen LogP contribution is 2.70. The van der Waals surface area contributed by atoms with Crippen LogP contribution >= 0.6 is 7.36 Å². The molecule has 3 aliphatic rings. The number of allylic oxidation sites excluding steroid dienone is 2. The van der Waals surface area contributed by atoms with Crippen molar-refractivity contribution in [3.05, 3.63) is 101 Å². The molecule has 0 aliphatic carbocycles. The van der Waals surface area contributed by atoms with Gasteiger partial charge in [-0.3, -0.25) is 0 Å². The van der Waals surface area contributed by atoms with Crippen molar-refractivity contribution in [2.45, 2.75) is 26.2 Å². The Balaban J connectivity index is 1.68. The zero-order chi connectivity index (χ0) is 25.6. The maximum absolute atomic E-state index is 5.83. The topological polar surface area (TPSA) is 43.7 Å². The van der Waals surface area contributed by atoms with Crippen LogP contribution in [-0.4, -0.2) is 44.2 Å². The number of hydrogen-bond acceptors (Lipinski definition) is 4. The van der Waals surface area contributed by atoms with Gasteiger partial charge in [-0.1, -0.05) is 67.9 Å². The number of morpholine rings is 1. The van der Waals surface area contributed by atoms with Gasteiger partial charge in [-0.05, 0) is 42.8 Å². The van der Waals surface area contributed by atoms with Gasteiger partial charge in [0, 0.05) is 36.9 Å². The van der Waals surface area contributed by atoms with Gasteiger partial charge in [0.05, 0.1) is 36.1 Å². The van der Waals surface area contributed by atoms with Crippen molar-refractivity contribution in [3.63, 3.8) is 0 Å². The lowest BCUT2D eigenvalue weighted by Gasteiger charge is -2.42. The Bertz CT molecular complexity index is 1420. The number of fused-ring (bicyclic) bond motifs is 1. The number of likely N-dealkylation sites (N-methyl/N-ethyl adjacent to an activating group) is 1. The third-order valence-electron chi connectivity index (χ3n) is 7.64. The van der Waals surface area contributed by atoms with Crippen LogP contribution in [0.25, 0.3) is 0 Å². The molecule has 0 spiro atoms. The summed E-state index contributed by atoms with van der Waals surface area (Å²) in [6, 6.07) is 27.8. The van der Waals surface area contributed by atoms with Crippen molar-refractivity contribution in [1.82, 2.24) is 4.67 Å². The molecule has 6 nitrogen and oxygen atoms in total. The molecule has 7 heteroatoms. The number of hydrazone groups is 1. The summed E-state index contributed by atoms with van der Waals surface area (Å²) in [7, 11) is -0.380. The van der Waals surface area contributed by atoms with Gasteiger partial charge < -0.3 is 9.64 Å². The first-order valence-electron chi connectivity index (χ1n) is 12.9. The molecule has 6 rings (SSSR count). The van der Waals surface area contributed by atoms with E-state index >= 15 is 0 Å². The Morgan fingerprint density at radius 3 is 2.27 bits per heavy atom. The van der Waals surface area contributed by atoms with E-state index in [1.807, 2.05) is 0 Å². The lowest BCUT2D eigenvalue weighted by molar-refractivity contribution is 0.0743. The smallest absolute Gasteiger partial charge is 0.180 e. The molecule has 1 atom stereocenters. The molecule has 3 heterocycles. The minimum atomic E-state index is -2.57. The molecule has 0 aromatic heterocycles. The Labute approximate surface area is 220 Å². The number of ether oxygens (including phenoxy) is 1. The van der Waals surface area contributed by atoms with Crippen molar-refractivity contribution >= 4 is 30.6 Å². The summed E-state index contributed by atoms with van der Waals surface area (Å²) in [5.41, 5.74) is 6.92. The largest absolute Gasteiger partial charge is 0.379 e. The molecular weight excluding hydrogens is 477 g/mol. The Morgan fingerprint density at radius 1 is 0.892 bits per heavy atom. The molecular formula is C30H34N5OP. The number of nitrogens with zero attached hydrogens (tertiary/aromatic N) is 5. The Hall–Kier alpha value is -3.18. The van der Waals surface area contributed by atoms with Crippen molar-refractivity contribution in [3.8, 4) is 0 Å². The number of hydrogen-bond donors (Lipinski definition) is 0. The van der Waals surface area contributed by atoms with Crippen LogP contribution in [0, 0.1) is 6.92 Å². The van der Waals surface area contributed by atoms with Crippen LogP contribution < -0.4 is 9.68 Å². The van der Waals surface area contributed by atoms with Crippen molar-refractivity contribution in [2.75, 3.05) is 43.0 Å². The third-order valence-corrected chi connectivity index (χ3v) is 11.2. The molecule has 3 aromatic rings. The highest BCUT2D eigenvalue weighted by Gasteiger charge is 2.49. The highest BCUT2D eigenvalue weighted by atomic mass is 31.2. The predicted molar refractivity (Wildman–Crippen MR) is 155 cm³/mol. The van der Waals surface area contributed by atoms with Gasteiger partial charge in [0.15, 0.2) is 7.36 Å². The average Bonchev–Trinajstić information content (AvgIpc) is 3.38. The minimum absolute atomic E-state index is 0.195. The summed E-state index contributed by atoms with van der Waals surface area (Å²) in [5.74, 6) is 0. The van der Waals surface area contributed by atoms with Gasteiger partial charge in [0.1, 0.15) is 0 Å². The van der Waals surface area contributed by atoms with E-state index in [1.165, 1.54) is 27.8 Å². The minimum Gasteiger partial charge on any atom is -0.379 e. The molecule has 0 amide bonds. The lowest BCUT2D eigenvalue weighted by Crippen LogP contribution is -2.38. The number of rotatable bonds is 3. The normalized spacial score (nSPS) is 25.0. The lowest BCUT2D eigenvalue weighted by atomic mass is 9.84. The molecule has 3 aromatic carbocycles. The second kappa shape index (κ2) is 9.29. The van der Waals surface area contributed by atoms with E-state index < -0.39 is 7.36 Å². The van der Waals surface area contributed by atoms with E-state index in [9.17, 15) is 0 Å². The van der Waals surface area contributed by atoms with Crippen LogP contribution in [0.3, 0.4) is 0 Å². The maximum atomic E-state index is 5.83. The van der Waals surface area contributed by atoms with Crippen LogP contribution in [0.4, 0.5) is 17.1 Å². The van der Waals surface area contributed by atoms with E-state index in [4.69, 9.17) is 14.6 Å². The Morgan fingerprint density at radius 2 is 1.57 bits per heavy atom. The standard InChI is InChI=1S/C30H34N5OP/c1-23-14-16-24(17-15-23)32-37(34-18-20-36-21-19-34)28(22-31-35(37)25-10-6-5-7-11-25)29-30(2,3)26-12-8-9-13-27(26)33(29)4/h5-17,22H,18-21H2,1-4H3/b29-28+/t37-/m1/s1. The molecule has 0 N–H and O–H groups in total. The fourth-order valence-electron chi connectivity index (χ4n) is 5.84. The van der Waals surface area contributed by atoms with E-state index in [0.717, 1.165) is 24.5 Å². The second-order valence-corrected chi connectivity index (χ2v) is 13.1. The fraction of sp³-hybridized carbons (Fsp3) is 0.300. The zero-order valence-electron chi connectivity index (χ0n) is 22.0. The van der Waals surface area contributed by atoms with Crippen molar-refractivity contribution < 1.29 is 4.74 Å². The highest BCUT2D eigenvalue weighted by molar-refractivity contribution is 7.71. The van der Waals surface area contributed by atoms with E-state index in [2.05, 4.69) is 127 Å². The van der Waals surface area contributed by atoms with Crippen LogP contribution in [0.15, 0.2) is 99.7 Å². The number of benzene rings is 3. The summed E-state index contributed by atoms with van der Waals surface area (Å²) in [5, 5.41) is 6.34. The van der Waals surface area contributed by atoms with Gasteiger partial charge in [-0.15, -0.1) is 0 Å². The van der Waals surface area contributed by atoms with E-state index in [0.29, 0.717) is 13.2 Å². The first kappa shape index (κ1) is 24.2. The van der Waals surface area contributed by atoms with Gasteiger partial charge in [0.2, 0.25) is 0 Å². The SMILES string of the molecule is Cc1ccc(N=[P@@]2(N3CCOCC3)/C(=C3/N(C)c4ccccc4C3(C)C)C=NN2c2ccccc2)cc1. The average molecular weight is 512 g/mol. The summed E-state index contributed by atoms with van der Waals surface area (Å²) in [4.78, 5) is 2.37. The quantitative estimate of drug-likeness (QED) is 0.351. The molecule has 0 bridgehead atoms. The van der Waals surface area contributed by atoms with Crippen LogP contribution in [0.1, 0.15) is 25.0 Å². The first-order chi connectivity index (χ1) is 17.9. The molecule has 0 saturated carbocycles. The van der Waals surface area contributed by atoms with Gasteiger partial charge in [-0.25, -0.2) is 14.2 Å². The molecule has 0 radical (unpaired) electrons. The second-order valence-electron chi connectivity index (χ2n) is 10.4. The van der Waals surface area contributed by atoms with Crippen molar-refractivity contribution in [2.24, 2.45) is 9.85 Å². The third kappa shape index (κ3) is 3.86. The summed E-state index contributed by atoms with van der Waals surface area (Å²) in [6.07, 6.45) is 2.09. The summed E-state index contributed by atoms with van der Waals surface area (Å²) < 4.78 is 16.3. The molecule has 190 valence electrons. The molecule has 1 saturated heterocycles. The fourth-order valence-corrected chi connectivity index (χ4v) is 9.66. The number of aryl methyl sites for hydroxylation is 1. The predicted octanol–water partition coefficient (Wildman–Crippen LogP) is 7.14. The van der Waals surface area contributed by atoms with Gasteiger partial charge in [0.25, 0.3) is 0 Å². The summed E-state index contributed by atoms with van der Waals surface area (Å²) >= 11 is 0. The van der Waals surface area contributed by atoms with Gasteiger partial charge >= 0.3 is 0 Å². The van der Waals surface area contributed by atoms with E-state index in [-0.39, 0.29) is 5.41 Å². The monoisotopic (exact) mass is 511 g/mol. The summed E-state index contributed by atoms with van der Waals surface area (Å²) in [6.45, 7) is 9.78. The van der Waals surface area contributed by atoms with E-state index in [1.54, 1.807) is 0 Å². The van der Waals surface area contributed by atoms with Gasteiger partial charge in [-0.2, -0.15) is 5.10 Å². The number of anilines is 2. The molecule has 0 unspecified atom stereocenters. The molecule has 1 fully saturated rings. The van der Waals surface area contributed by atoms with Crippen LogP contribution in [-0.2, 0) is 10.2 Å². The number of para-hydroxylation sites is 2. The van der Waals surface area contributed by atoms with Crippen LogP contribution in [0.5, 0.6) is 0 Å². The van der Waals surface area contributed by atoms with Crippen molar-refractivity contribution in [1.29, 1.82) is 0 Å². The zero-order valence-corrected chi connectivity index (χ0v) is 22.9. The molecule has 3 aliphatic heterocycles. The molecule has 37 heavy (non-hydrogen) atoms.